The van der Waals surface area contributed by atoms with E-state index < -0.39 is 11.8 Å². The molecule has 0 aliphatic rings. The van der Waals surface area contributed by atoms with Crippen LogP contribution >= 0.6 is 11.6 Å². The Morgan fingerprint density at radius 2 is 2.00 bits per heavy atom. The number of nitrogens with one attached hydrogen (secondary N) is 2. The molecule has 3 aromatic rings. The summed E-state index contributed by atoms with van der Waals surface area (Å²) in [4.78, 5) is 27.7. The average Bonchev–Trinajstić information content (AvgIpc) is 3.00. The van der Waals surface area contributed by atoms with Crippen molar-refractivity contribution in [3.05, 3.63) is 82.4 Å². The lowest BCUT2D eigenvalue weighted by Gasteiger charge is -2.09. The molecule has 2 aromatic heterocycles. The van der Waals surface area contributed by atoms with E-state index in [1.807, 2.05) is 48.7 Å². The number of carbonyl (C=O) groups is 2. The highest BCUT2D eigenvalue weighted by Crippen LogP contribution is 2.22. The summed E-state index contributed by atoms with van der Waals surface area (Å²) in [7, 11) is 0. The first kappa shape index (κ1) is 20.3. The van der Waals surface area contributed by atoms with Gasteiger partial charge >= 0.3 is 11.8 Å². The van der Waals surface area contributed by atoms with Gasteiger partial charge in [0.1, 0.15) is 0 Å². The molecule has 2 heterocycles. The molecular formula is C21H20ClN5O2. The van der Waals surface area contributed by atoms with E-state index in [2.05, 4.69) is 20.8 Å². The van der Waals surface area contributed by atoms with E-state index in [1.165, 1.54) is 6.21 Å². The lowest BCUT2D eigenvalue weighted by atomic mass is 10.2. The van der Waals surface area contributed by atoms with Gasteiger partial charge in [-0.15, -0.1) is 0 Å². The summed E-state index contributed by atoms with van der Waals surface area (Å²) in [5.74, 6) is -1.61. The zero-order valence-corrected chi connectivity index (χ0v) is 16.8. The third-order valence-corrected chi connectivity index (χ3v) is 4.52. The van der Waals surface area contributed by atoms with Gasteiger partial charge in [-0.3, -0.25) is 14.6 Å². The Balaban J connectivity index is 1.62. The highest BCUT2D eigenvalue weighted by atomic mass is 35.5. The molecule has 0 atom stereocenters. The van der Waals surface area contributed by atoms with E-state index in [0.29, 0.717) is 5.02 Å². The van der Waals surface area contributed by atoms with Gasteiger partial charge in [-0.2, -0.15) is 5.10 Å². The van der Waals surface area contributed by atoms with Gasteiger partial charge in [0.2, 0.25) is 0 Å². The molecule has 0 bridgehead atoms. The van der Waals surface area contributed by atoms with Gasteiger partial charge in [-0.1, -0.05) is 23.7 Å². The molecule has 0 saturated heterocycles. The number of amides is 2. The van der Waals surface area contributed by atoms with Crippen LogP contribution < -0.4 is 10.7 Å². The zero-order chi connectivity index (χ0) is 20.8. The van der Waals surface area contributed by atoms with E-state index in [-0.39, 0.29) is 6.54 Å². The second-order valence-electron chi connectivity index (χ2n) is 6.38. The molecule has 2 N–H and O–H groups in total. The molecule has 0 aliphatic carbocycles. The monoisotopic (exact) mass is 409 g/mol. The predicted molar refractivity (Wildman–Crippen MR) is 112 cm³/mol. The van der Waals surface area contributed by atoms with Crippen molar-refractivity contribution in [1.29, 1.82) is 0 Å². The maximum Gasteiger partial charge on any atom is 0.329 e. The average molecular weight is 410 g/mol. The Kier molecular flexibility index (Phi) is 6.41. The highest BCUT2D eigenvalue weighted by Gasteiger charge is 2.13. The smallest absolute Gasteiger partial charge is 0.329 e. The van der Waals surface area contributed by atoms with Crippen molar-refractivity contribution in [2.45, 2.75) is 20.4 Å². The van der Waals surface area contributed by atoms with Crippen molar-refractivity contribution in [1.82, 2.24) is 20.3 Å². The van der Waals surface area contributed by atoms with Crippen molar-refractivity contribution >= 4 is 29.6 Å². The van der Waals surface area contributed by atoms with Crippen molar-refractivity contribution in [3.63, 3.8) is 0 Å². The van der Waals surface area contributed by atoms with Gasteiger partial charge in [-0.25, -0.2) is 5.43 Å². The van der Waals surface area contributed by atoms with Crippen LogP contribution in [0.4, 0.5) is 0 Å². The number of carbonyl (C=O) groups excluding carboxylic acids is 2. The second kappa shape index (κ2) is 9.16. The molecule has 0 spiro atoms. The first-order valence-corrected chi connectivity index (χ1v) is 9.28. The van der Waals surface area contributed by atoms with Gasteiger partial charge in [0.15, 0.2) is 0 Å². The molecule has 2 amide bonds. The fourth-order valence-electron chi connectivity index (χ4n) is 2.91. The Hall–Kier alpha value is -3.45. The molecule has 1 aromatic carbocycles. The SMILES string of the molecule is Cc1cc(C=NNC(=O)C(=O)NCc2cccnc2)c(C)n1-c1cccc(Cl)c1. The topological polar surface area (TPSA) is 88.4 Å². The molecule has 0 radical (unpaired) electrons. The summed E-state index contributed by atoms with van der Waals surface area (Å²) in [6.07, 6.45) is 4.76. The minimum Gasteiger partial charge on any atom is -0.344 e. The van der Waals surface area contributed by atoms with Crippen molar-refractivity contribution in [2.75, 3.05) is 0 Å². The predicted octanol–water partition coefficient (Wildman–Crippen LogP) is 2.91. The quantitative estimate of drug-likeness (QED) is 0.386. The van der Waals surface area contributed by atoms with E-state index in [4.69, 9.17) is 11.6 Å². The number of pyridine rings is 1. The third kappa shape index (κ3) is 5.08. The van der Waals surface area contributed by atoms with Crippen LogP contribution in [0.15, 0.2) is 60.0 Å². The zero-order valence-electron chi connectivity index (χ0n) is 16.0. The molecule has 0 unspecified atom stereocenters. The summed E-state index contributed by atoms with van der Waals surface area (Å²) in [5.41, 5.74) is 6.72. The third-order valence-electron chi connectivity index (χ3n) is 4.29. The molecule has 3 rings (SSSR count). The van der Waals surface area contributed by atoms with Gasteiger partial charge in [0.25, 0.3) is 0 Å². The van der Waals surface area contributed by atoms with Crippen LogP contribution in [0.3, 0.4) is 0 Å². The number of aromatic nitrogens is 2. The van der Waals surface area contributed by atoms with Gasteiger partial charge in [-0.05, 0) is 49.7 Å². The fraction of sp³-hybridized carbons (Fsp3) is 0.143. The van der Waals surface area contributed by atoms with Crippen LogP contribution in [0, 0.1) is 13.8 Å². The van der Waals surface area contributed by atoms with Crippen LogP contribution in [0.5, 0.6) is 0 Å². The van der Waals surface area contributed by atoms with Crippen LogP contribution in [0.1, 0.15) is 22.5 Å². The number of nitrogens with zero attached hydrogens (tertiary/aromatic N) is 3. The van der Waals surface area contributed by atoms with Crippen molar-refractivity contribution in [3.8, 4) is 5.69 Å². The van der Waals surface area contributed by atoms with Crippen molar-refractivity contribution in [2.24, 2.45) is 5.10 Å². The number of hydrogen-bond donors (Lipinski definition) is 2. The number of halogens is 1. The highest BCUT2D eigenvalue weighted by molar-refractivity contribution is 6.35. The normalized spacial score (nSPS) is 10.9. The first-order valence-electron chi connectivity index (χ1n) is 8.90. The fourth-order valence-corrected chi connectivity index (χ4v) is 3.09. The molecule has 8 heteroatoms. The van der Waals surface area contributed by atoms with Gasteiger partial charge in [0.05, 0.1) is 6.21 Å². The summed E-state index contributed by atoms with van der Waals surface area (Å²) in [6, 6.07) is 13.0. The number of rotatable bonds is 5. The lowest BCUT2D eigenvalue weighted by molar-refractivity contribution is -0.139. The minimum absolute atomic E-state index is 0.213. The van der Waals surface area contributed by atoms with E-state index in [1.54, 1.807) is 24.5 Å². The molecule has 148 valence electrons. The van der Waals surface area contributed by atoms with E-state index in [9.17, 15) is 9.59 Å². The molecule has 0 fully saturated rings. The van der Waals surface area contributed by atoms with Crippen molar-refractivity contribution < 1.29 is 9.59 Å². The Morgan fingerprint density at radius 3 is 2.72 bits per heavy atom. The molecule has 7 nitrogen and oxygen atoms in total. The summed E-state index contributed by atoms with van der Waals surface area (Å²) >= 11 is 6.09. The Morgan fingerprint density at radius 1 is 1.17 bits per heavy atom. The Labute approximate surface area is 173 Å². The number of hydrazone groups is 1. The lowest BCUT2D eigenvalue weighted by Crippen LogP contribution is -2.37. The van der Waals surface area contributed by atoms with Crippen LogP contribution in [0.25, 0.3) is 5.69 Å². The van der Waals surface area contributed by atoms with E-state index in [0.717, 1.165) is 28.2 Å². The second-order valence-corrected chi connectivity index (χ2v) is 6.82. The van der Waals surface area contributed by atoms with Crippen LogP contribution in [0.2, 0.25) is 5.02 Å². The number of benzene rings is 1. The maximum atomic E-state index is 11.9. The summed E-state index contributed by atoms with van der Waals surface area (Å²) in [5, 5.41) is 7.07. The Bertz CT molecular complexity index is 1060. The van der Waals surface area contributed by atoms with E-state index >= 15 is 0 Å². The molecule has 0 saturated carbocycles. The maximum absolute atomic E-state index is 11.9. The molecule has 0 aliphatic heterocycles. The van der Waals surface area contributed by atoms with Crippen LogP contribution in [-0.4, -0.2) is 27.6 Å². The summed E-state index contributed by atoms with van der Waals surface area (Å²) < 4.78 is 2.04. The van der Waals surface area contributed by atoms with Crippen LogP contribution in [-0.2, 0) is 16.1 Å². The summed E-state index contributed by atoms with van der Waals surface area (Å²) in [6.45, 7) is 4.12. The number of aryl methyl sites for hydroxylation is 1. The van der Waals surface area contributed by atoms with Gasteiger partial charge in [0, 0.05) is 46.6 Å². The molecule has 29 heavy (non-hydrogen) atoms. The standard InChI is InChI=1S/C21H20ClN5O2/c1-14-9-17(15(2)27(14)19-7-3-6-18(22)10-19)13-25-26-21(29)20(28)24-12-16-5-4-8-23-11-16/h3-11,13H,12H2,1-2H3,(H,24,28)(H,26,29). The minimum atomic E-state index is -0.839. The first-order chi connectivity index (χ1) is 14.0. The largest absolute Gasteiger partial charge is 0.344 e. The number of hydrogen-bond acceptors (Lipinski definition) is 4. The molecular weight excluding hydrogens is 390 g/mol. The van der Waals surface area contributed by atoms with Gasteiger partial charge < -0.3 is 9.88 Å².